The highest BCUT2D eigenvalue weighted by atomic mass is 16.5. The van der Waals surface area contributed by atoms with Gasteiger partial charge in [0.2, 0.25) is 0 Å². The number of nitrogens with zero attached hydrogens (tertiary/aromatic N) is 1. The van der Waals surface area contributed by atoms with Crippen molar-refractivity contribution in [1.82, 2.24) is 10.3 Å². The standard InChI is InChI=1S/C19H24N2O2/c1-14(2)11-18(17-5-4-10-20-12-17)21-19(22)16-8-6-15(7-9-16)13-23-3/h4-10,12,14,18H,11,13H2,1-3H3,(H,21,22)/t18-/m0/s1. The second kappa shape index (κ2) is 8.44. The van der Waals surface area contributed by atoms with Gasteiger partial charge in [0, 0.05) is 25.1 Å². The van der Waals surface area contributed by atoms with Crippen molar-refractivity contribution in [3.8, 4) is 0 Å². The second-order valence-corrected chi connectivity index (χ2v) is 6.07. The molecule has 2 aromatic rings. The Bertz CT molecular complexity index is 609. The number of benzene rings is 1. The number of hydrogen-bond acceptors (Lipinski definition) is 3. The normalized spacial score (nSPS) is 12.2. The van der Waals surface area contributed by atoms with Crippen LogP contribution in [-0.4, -0.2) is 18.0 Å². The van der Waals surface area contributed by atoms with Crippen molar-refractivity contribution >= 4 is 5.91 Å². The van der Waals surface area contributed by atoms with Crippen LogP contribution in [0.4, 0.5) is 0 Å². The Morgan fingerprint density at radius 3 is 2.52 bits per heavy atom. The van der Waals surface area contributed by atoms with Gasteiger partial charge in [-0.2, -0.15) is 0 Å². The molecule has 0 aliphatic carbocycles. The molecule has 0 saturated heterocycles. The SMILES string of the molecule is COCc1ccc(C(=O)N[C@@H](CC(C)C)c2cccnc2)cc1. The Hall–Kier alpha value is -2.20. The van der Waals surface area contributed by atoms with E-state index in [2.05, 4.69) is 24.1 Å². The van der Waals surface area contributed by atoms with Gasteiger partial charge in [-0.05, 0) is 41.7 Å². The van der Waals surface area contributed by atoms with Crippen LogP contribution < -0.4 is 5.32 Å². The smallest absolute Gasteiger partial charge is 0.251 e. The molecule has 0 saturated carbocycles. The number of rotatable bonds is 7. The molecule has 23 heavy (non-hydrogen) atoms. The van der Waals surface area contributed by atoms with Crippen LogP contribution in [0, 0.1) is 5.92 Å². The Balaban J connectivity index is 2.10. The zero-order valence-electron chi connectivity index (χ0n) is 14.0. The van der Waals surface area contributed by atoms with Gasteiger partial charge >= 0.3 is 0 Å². The highest BCUT2D eigenvalue weighted by Crippen LogP contribution is 2.21. The van der Waals surface area contributed by atoms with E-state index < -0.39 is 0 Å². The Morgan fingerprint density at radius 2 is 1.96 bits per heavy atom. The molecule has 0 fully saturated rings. The molecule has 1 aromatic heterocycles. The van der Waals surface area contributed by atoms with E-state index in [1.165, 1.54) is 0 Å². The third kappa shape index (κ3) is 5.18. The number of carbonyl (C=O) groups excluding carboxylic acids is 1. The fourth-order valence-corrected chi connectivity index (χ4v) is 2.49. The number of hydrogen-bond donors (Lipinski definition) is 1. The van der Waals surface area contributed by atoms with Crippen LogP contribution in [0.5, 0.6) is 0 Å². The molecule has 0 bridgehead atoms. The van der Waals surface area contributed by atoms with Crippen molar-refractivity contribution in [2.24, 2.45) is 5.92 Å². The maximum atomic E-state index is 12.5. The zero-order valence-corrected chi connectivity index (χ0v) is 14.0. The van der Waals surface area contributed by atoms with Gasteiger partial charge in [0.15, 0.2) is 0 Å². The first kappa shape index (κ1) is 17.2. The first-order valence-electron chi connectivity index (χ1n) is 7.88. The van der Waals surface area contributed by atoms with Crippen LogP contribution in [0.3, 0.4) is 0 Å². The lowest BCUT2D eigenvalue weighted by Crippen LogP contribution is -2.29. The summed E-state index contributed by atoms with van der Waals surface area (Å²) in [4.78, 5) is 16.7. The predicted molar refractivity (Wildman–Crippen MR) is 91.1 cm³/mol. The summed E-state index contributed by atoms with van der Waals surface area (Å²) in [6, 6.07) is 11.4. The lowest BCUT2D eigenvalue weighted by molar-refractivity contribution is 0.0932. The van der Waals surface area contributed by atoms with E-state index in [0.29, 0.717) is 18.1 Å². The Labute approximate surface area is 137 Å². The van der Waals surface area contributed by atoms with E-state index in [1.807, 2.05) is 42.6 Å². The van der Waals surface area contributed by atoms with Gasteiger partial charge < -0.3 is 10.1 Å². The van der Waals surface area contributed by atoms with Crippen molar-refractivity contribution in [3.63, 3.8) is 0 Å². The van der Waals surface area contributed by atoms with Gasteiger partial charge in [0.1, 0.15) is 0 Å². The predicted octanol–water partition coefficient (Wildman–Crippen LogP) is 3.75. The lowest BCUT2D eigenvalue weighted by atomic mass is 9.97. The molecule has 122 valence electrons. The molecule has 4 nitrogen and oxygen atoms in total. The van der Waals surface area contributed by atoms with Gasteiger partial charge in [0.05, 0.1) is 12.6 Å². The monoisotopic (exact) mass is 312 g/mol. The minimum atomic E-state index is -0.0662. The van der Waals surface area contributed by atoms with Crippen molar-refractivity contribution in [2.45, 2.75) is 32.9 Å². The van der Waals surface area contributed by atoms with Crippen molar-refractivity contribution in [1.29, 1.82) is 0 Å². The first-order chi connectivity index (χ1) is 11.1. The average Bonchev–Trinajstić information content (AvgIpc) is 2.55. The molecule has 1 atom stereocenters. The van der Waals surface area contributed by atoms with Crippen LogP contribution in [-0.2, 0) is 11.3 Å². The molecular weight excluding hydrogens is 288 g/mol. The maximum absolute atomic E-state index is 12.5. The van der Waals surface area contributed by atoms with E-state index in [9.17, 15) is 4.79 Å². The van der Waals surface area contributed by atoms with E-state index in [-0.39, 0.29) is 11.9 Å². The quantitative estimate of drug-likeness (QED) is 0.847. The molecule has 0 aliphatic rings. The van der Waals surface area contributed by atoms with Gasteiger partial charge in [0.25, 0.3) is 5.91 Å². The van der Waals surface area contributed by atoms with E-state index in [4.69, 9.17) is 4.74 Å². The summed E-state index contributed by atoms with van der Waals surface area (Å²) in [5, 5.41) is 3.12. The number of amides is 1. The van der Waals surface area contributed by atoms with Crippen molar-refractivity contribution < 1.29 is 9.53 Å². The number of aromatic nitrogens is 1. The molecule has 1 N–H and O–H groups in total. The second-order valence-electron chi connectivity index (χ2n) is 6.07. The van der Waals surface area contributed by atoms with Crippen molar-refractivity contribution in [3.05, 3.63) is 65.5 Å². The zero-order chi connectivity index (χ0) is 16.7. The largest absolute Gasteiger partial charge is 0.380 e. The summed E-state index contributed by atoms with van der Waals surface area (Å²) >= 11 is 0. The third-order valence-corrected chi connectivity index (χ3v) is 3.63. The third-order valence-electron chi connectivity index (χ3n) is 3.63. The molecule has 0 spiro atoms. The number of carbonyl (C=O) groups is 1. The summed E-state index contributed by atoms with van der Waals surface area (Å²) < 4.78 is 5.09. The van der Waals surface area contributed by atoms with Crippen LogP contribution in [0.1, 0.15) is 47.8 Å². The molecule has 0 unspecified atom stereocenters. The minimum absolute atomic E-state index is 0.0325. The molecule has 1 aromatic carbocycles. The minimum Gasteiger partial charge on any atom is -0.380 e. The van der Waals surface area contributed by atoms with Crippen LogP contribution in [0.15, 0.2) is 48.8 Å². The summed E-state index contributed by atoms with van der Waals surface area (Å²) in [5.41, 5.74) is 2.74. The highest BCUT2D eigenvalue weighted by molar-refractivity contribution is 5.94. The van der Waals surface area contributed by atoms with Crippen LogP contribution >= 0.6 is 0 Å². The molecular formula is C19H24N2O2. The van der Waals surface area contributed by atoms with Gasteiger partial charge in [-0.25, -0.2) is 0 Å². The lowest BCUT2D eigenvalue weighted by Gasteiger charge is -2.21. The Kier molecular flexibility index (Phi) is 6.29. The van der Waals surface area contributed by atoms with Crippen LogP contribution in [0.2, 0.25) is 0 Å². The molecule has 0 radical (unpaired) electrons. The maximum Gasteiger partial charge on any atom is 0.251 e. The molecule has 0 aliphatic heterocycles. The summed E-state index contributed by atoms with van der Waals surface area (Å²) in [6.07, 6.45) is 4.43. The van der Waals surface area contributed by atoms with Gasteiger partial charge in [-0.3, -0.25) is 9.78 Å². The number of ether oxygens (including phenoxy) is 1. The highest BCUT2D eigenvalue weighted by Gasteiger charge is 2.17. The first-order valence-corrected chi connectivity index (χ1v) is 7.88. The van der Waals surface area contributed by atoms with E-state index >= 15 is 0 Å². The number of methoxy groups -OCH3 is 1. The molecule has 1 heterocycles. The molecule has 2 rings (SSSR count). The fourth-order valence-electron chi connectivity index (χ4n) is 2.49. The van der Waals surface area contributed by atoms with E-state index in [0.717, 1.165) is 17.5 Å². The topological polar surface area (TPSA) is 51.2 Å². The summed E-state index contributed by atoms with van der Waals surface area (Å²) in [7, 11) is 1.66. The van der Waals surface area contributed by atoms with Gasteiger partial charge in [-0.15, -0.1) is 0 Å². The number of pyridine rings is 1. The average molecular weight is 312 g/mol. The molecule has 1 amide bonds. The fraction of sp³-hybridized carbons (Fsp3) is 0.368. The summed E-state index contributed by atoms with van der Waals surface area (Å²) in [5.74, 6) is 0.410. The van der Waals surface area contributed by atoms with E-state index in [1.54, 1.807) is 13.3 Å². The van der Waals surface area contributed by atoms with Crippen molar-refractivity contribution in [2.75, 3.05) is 7.11 Å². The van der Waals surface area contributed by atoms with Crippen LogP contribution in [0.25, 0.3) is 0 Å². The molecule has 4 heteroatoms. The Morgan fingerprint density at radius 1 is 1.22 bits per heavy atom. The summed E-state index contributed by atoms with van der Waals surface area (Å²) in [6.45, 7) is 4.84. The number of nitrogens with one attached hydrogen (secondary N) is 1. The van der Waals surface area contributed by atoms with Gasteiger partial charge in [-0.1, -0.05) is 32.0 Å².